The number of esters is 1. The molecule has 8 nitrogen and oxygen atoms in total. The smallest absolute Gasteiger partial charge is 0.310 e. The molecule has 1 aliphatic rings. The number of methoxy groups -OCH3 is 1. The molecule has 9 heteroatoms. The quantitative estimate of drug-likeness (QED) is 0.531. The molecule has 1 aliphatic heterocycles. The van der Waals surface area contributed by atoms with Crippen molar-refractivity contribution in [1.29, 1.82) is 0 Å². The van der Waals surface area contributed by atoms with Gasteiger partial charge in [-0.1, -0.05) is 18.2 Å². The third-order valence-corrected chi connectivity index (χ3v) is 4.75. The molecule has 1 amide bonds. The lowest BCUT2D eigenvalue weighted by Crippen LogP contribution is -2.56. The van der Waals surface area contributed by atoms with E-state index in [0.717, 1.165) is 0 Å². The van der Waals surface area contributed by atoms with E-state index in [0.29, 0.717) is 13.1 Å². The summed E-state index contributed by atoms with van der Waals surface area (Å²) < 4.78 is 33.7. The number of rotatable bonds is 7. The van der Waals surface area contributed by atoms with Gasteiger partial charge in [-0.25, -0.2) is 0 Å². The summed E-state index contributed by atoms with van der Waals surface area (Å²) in [7, 11) is -2.56. The molecule has 1 saturated heterocycles. The second-order valence-corrected chi connectivity index (χ2v) is 6.97. The van der Waals surface area contributed by atoms with Gasteiger partial charge in [0.1, 0.15) is 5.75 Å². The first-order valence-electron chi connectivity index (χ1n) is 7.47. The van der Waals surface area contributed by atoms with Gasteiger partial charge >= 0.3 is 16.1 Å². The minimum atomic E-state index is -3.80. The molecule has 1 heterocycles. The molecular formula is C15H20N2O6S. The van der Waals surface area contributed by atoms with Crippen molar-refractivity contribution in [1.82, 2.24) is 10.2 Å². The fourth-order valence-electron chi connectivity index (χ4n) is 2.39. The SMILES string of the molecule is COC(=O)CC1C(=O)NCCN1CCS(=O)(=O)Oc1ccccc1. The Hall–Kier alpha value is -2.13. The second kappa shape index (κ2) is 8.11. The molecule has 1 unspecified atom stereocenters. The van der Waals surface area contributed by atoms with Gasteiger partial charge in [-0.3, -0.25) is 14.5 Å². The van der Waals surface area contributed by atoms with Crippen LogP contribution in [0.25, 0.3) is 0 Å². The molecule has 0 radical (unpaired) electrons. The second-order valence-electron chi connectivity index (χ2n) is 5.28. The Morgan fingerprint density at radius 3 is 2.71 bits per heavy atom. The third-order valence-electron chi connectivity index (χ3n) is 3.62. The van der Waals surface area contributed by atoms with Crippen LogP contribution in [0.4, 0.5) is 0 Å². The van der Waals surface area contributed by atoms with Crippen molar-refractivity contribution < 1.29 is 26.9 Å². The van der Waals surface area contributed by atoms with Gasteiger partial charge < -0.3 is 14.2 Å². The molecule has 132 valence electrons. The van der Waals surface area contributed by atoms with Crippen LogP contribution < -0.4 is 9.50 Å². The normalized spacial score (nSPS) is 18.7. The van der Waals surface area contributed by atoms with Gasteiger partial charge in [0, 0.05) is 19.6 Å². The lowest BCUT2D eigenvalue weighted by Gasteiger charge is -2.34. The van der Waals surface area contributed by atoms with Crippen molar-refractivity contribution in [3.05, 3.63) is 30.3 Å². The molecule has 0 spiro atoms. The Bertz CT molecular complexity index is 676. The van der Waals surface area contributed by atoms with Gasteiger partial charge in [0.2, 0.25) is 5.91 Å². The Labute approximate surface area is 140 Å². The maximum absolute atomic E-state index is 12.1. The number of hydrogen-bond donors (Lipinski definition) is 1. The minimum absolute atomic E-state index is 0.0875. The Morgan fingerprint density at radius 1 is 1.33 bits per heavy atom. The average molecular weight is 356 g/mol. The zero-order chi connectivity index (χ0) is 17.6. The van der Waals surface area contributed by atoms with Crippen LogP contribution in [0, 0.1) is 0 Å². The van der Waals surface area contributed by atoms with Gasteiger partial charge in [0.05, 0.1) is 25.3 Å². The number of nitrogens with one attached hydrogen (secondary N) is 1. The summed E-state index contributed by atoms with van der Waals surface area (Å²) in [6.45, 7) is 0.939. The van der Waals surface area contributed by atoms with Crippen LogP contribution in [-0.4, -0.2) is 63.7 Å². The van der Waals surface area contributed by atoms with Gasteiger partial charge in [0.25, 0.3) is 0 Å². The number of amides is 1. The molecule has 0 bridgehead atoms. The molecule has 0 saturated carbocycles. The van der Waals surface area contributed by atoms with Crippen LogP contribution in [0.3, 0.4) is 0 Å². The first-order valence-corrected chi connectivity index (χ1v) is 9.05. The summed E-state index contributed by atoms with van der Waals surface area (Å²) in [6.07, 6.45) is -0.123. The maximum Gasteiger partial charge on any atom is 0.310 e. The van der Waals surface area contributed by atoms with Gasteiger partial charge in [-0.2, -0.15) is 8.42 Å². The van der Waals surface area contributed by atoms with Crippen LogP contribution in [0.2, 0.25) is 0 Å². The summed E-state index contributed by atoms with van der Waals surface area (Å²) in [5.74, 6) is -0.884. The molecule has 1 N–H and O–H groups in total. The topological polar surface area (TPSA) is 102 Å². The molecule has 1 atom stereocenters. The van der Waals surface area contributed by atoms with E-state index in [2.05, 4.69) is 10.1 Å². The number of carbonyl (C=O) groups excluding carboxylic acids is 2. The molecule has 1 aromatic carbocycles. The number of benzene rings is 1. The fourth-order valence-corrected chi connectivity index (χ4v) is 3.33. The Balaban J connectivity index is 1.97. The lowest BCUT2D eigenvalue weighted by atomic mass is 10.1. The number of hydrogen-bond acceptors (Lipinski definition) is 7. The van der Waals surface area contributed by atoms with Crippen LogP contribution >= 0.6 is 0 Å². The van der Waals surface area contributed by atoms with Crippen molar-refractivity contribution in [2.45, 2.75) is 12.5 Å². The monoisotopic (exact) mass is 356 g/mol. The average Bonchev–Trinajstić information content (AvgIpc) is 2.56. The molecule has 0 aromatic heterocycles. The summed E-state index contributed by atoms with van der Waals surface area (Å²) >= 11 is 0. The molecule has 2 rings (SSSR count). The number of piperazine rings is 1. The highest BCUT2D eigenvalue weighted by molar-refractivity contribution is 7.87. The van der Waals surface area contributed by atoms with Crippen molar-refractivity contribution in [3.8, 4) is 5.75 Å². The van der Waals surface area contributed by atoms with Crippen LogP contribution in [0.5, 0.6) is 5.75 Å². The number of ether oxygens (including phenoxy) is 1. The first kappa shape index (κ1) is 18.2. The maximum atomic E-state index is 12.1. The van der Waals surface area contributed by atoms with Crippen molar-refractivity contribution in [2.24, 2.45) is 0 Å². The van der Waals surface area contributed by atoms with E-state index in [9.17, 15) is 18.0 Å². The predicted octanol–water partition coefficient (Wildman–Crippen LogP) is -0.241. The largest absolute Gasteiger partial charge is 0.469 e. The highest BCUT2D eigenvalue weighted by Gasteiger charge is 2.32. The van der Waals surface area contributed by atoms with Gasteiger partial charge in [-0.05, 0) is 12.1 Å². The van der Waals surface area contributed by atoms with Crippen molar-refractivity contribution in [2.75, 3.05) is 32.5 Å². The highest BCUT2D eigenvalue weighted by Crippen LogP contribution is 2.14. The van der Waals surface area contributed by atoms with Crippen molar-refractivity contribution in [3.63, 3.8) is 0 Å². The van der Waals surface area contributed by atoms with E-state index in [1.807, 2.05) is 0 Å². The van der Waals surface area contributed by atoms with E-state index in [1.165, 1.54) is 7.11 Å². The van der Waals surface area contributed by atoms with E-state index >= 15 is 0 Å². The fraction of sp³-hybridized carbons (Fsp3) is 0.467. The van der Waals surface area contributed by atoms with E-state index < -0.39 is 22.1 Å². The summed E-state index contributed by atoms with van der Waals surface area (Å²) in [6, 6.07) is 7.46. The third kappa shape index (κ3) is 5.20. The zero-order valence-electron chi connectivity index (χ0n) is 13.3. The summed E-state index contributed by atoms with van der Waals surface area (Å²) in [5.41, 5.74) is 0. The Kier molecular flexibility index (Phi) is 6.16. The predicted molar refractivity (Wildman–Crippen MR) is 85.9 cm³/mol. The number of para-hydroxylation sites is 1. The minimum Gasteiger partial charge on any atom is -0.469 e. The zero-order valence-corrected chi connectivity index (χ0v) is 14.1. The molecule has 24 heavy (non-hydrogen) atoms. The van der Waals surface area contributed by atoms with Crippen LogP contribution in [0.15, 0.2) is 30.3 Å². The van der Waals surface area contributed by atoms with E-state index in [4.69, 9.17) is 4.18 Å². The summed E-state index contributed by atoms with van der Waals surface area (Å²) in [5, 5.41) is 2.66. The number of nitrogens with zero attached hydrogens (tertiary/aromatic N) is 1. The van der Waals surface area contributed by atoms with E-state index in [1.54, 1.807) is 35.2 Å². The molecule has 1 fully saturated rings. The molecule has 1 aromatic rings. The van der Waals surface area contributed by atoms with Crippen LogP contribution in [-0.2, 0) is 24.4 Å². The Morgan fingerprint density at radius 2 is 2.04 bits per heavy atom. The number of carbonyl (C=O) groups is 2. The van der Waals surface area contributed by atoms with E-state index in [-0.39, 0.29) is 30.4 Å². The lowest BCUT2D eigenvalue weighted by molar-refractivity contribution is -0.145. The van der Waals surface area contributed by atoms with Crippen LogP contribution in [0.1, 0.15) is 6.42 Å². The highest BCUT2D eigenvalue weighted by atomic mass is 32.2. The summed E-state index contributed by atoms with van der Waals surface area (Å²) in [4.78, 5) is 25.0. The van der Waals surface area contributed by atoms with Gasteiger partial charge in [0.15, 0.2) is 0 Å². The molecular weight excluding hydrogens is 336 g/mol. The van der Waals surface area contributed by atoms with Crippen molar-refractivity contribution >= 4 is 22.0 Å². The van der Waals surface area contributed by atoms with Gasteiger partial charge in [-0.15, -0.1) is 0 Å². The standard InChI is InChI=1S/C15H20N2O6S/c1-22-14(18)11-13-15(19)16-7-8-17(13)9-10-24(20,21)23-12-5-3-2-4-6-12/h2-6,13H,7-11H2,1H3,(H,16,19). The molecule has 0 aliphatic carbocycles. The first-order chi connectivity index (χ1) is 11.4.